The second kappa shape index (κ2) is 5.81. The average molecular weight is 324 g/mol. The molecule has 0 amide bonds. The highest BCUT2D eigenvalue weighted by Gasteiger charge is 2.12. The molecule has 6 nitrogen and oxygen atoms in total. The van der Waals surface area contributed by atoms with Gasteiger partial charge in [0.2, 0.25) is 0 Å². The number of hydrogen-bond acceptors (Lipinski definition) is 5. The molecule has 2 N–H and O–H groups in total. The molecule has 1 aliphatic heterocycles. The van der Waals surface area contributed by atoms with Crippen LogP contribution in [0.2, 0.25) is 0 Å². The first-order chi connectivity index (χ1) is 11.7. The molecular weight excluding hydrogens is 308 g/mol. The smallest absolute Gasteiger partial charge is 0.198 e. The highest BCUT2D eigenvalue weighted by atomic mass is 16.6. The number of aromatic hydroxyl groups is 1. The Morgan fingerprint density at radius 1 is 1.12 bits per heavy atom. The van der Waals surface area contributed by atoms with Gasteiger partial charge in [-0.3, -0.25) is 4.99 Å². The number of hydrogen-bond donors (Lipinski definition) is 2. The molecule has 0 atom stereocenters. The van der Waals surface area contributed by atoms with E-state index in [-0.39, 0.29) is 5.88 Å². The van der Waals surface area contributed by atoms with E-state index in [4.69, 9.17) is 14.2 Å². The van der Waals surface area contributed by atoms with E-state index in [9.17, 15) is 5.11 Å². The van der Waals surface area contributed by atoms with Crippen LogP contribution in [0.25, 0.3) is 10.9 Å². The van der Waals surface area contributed by atoms with Gasteiger partial charge in [0.25, 0.3) is 0 Å². The largest absolute Gasteiger partial charge is 0.497 e. The molecule has 6 heteroatoms. The van der Waals surface area contributed by atoms with Crippen molar-refractivity contribution in [2.24, 2.45) is 4.99 Å². The van der Waals surface area contributed by atoms with Crippen molar-refractivity contribution >= 4 is 22.8 Å². The summed E-state index contributed by atoms with van der Waals surface area (Å²) in [4.78, 5) is 7.37. The van der Waals surface area contributed by atoms with Crippen LogP contribution in [-0.4, -0.2) is 36.6 Å². The number of nitrogens with zero attached hydrogens (tertiary/aromatic N) is 1. The Kier molecular flexibility index (Phi) is 3.49. The maximum Gasteiger partial charge on any atom is 0.198 e. The molecule has 0 saturated heterocycles. The molecule has 0 fully saturated rings. The van der Waals surface area contributed by atoms with E-state index in [0.29, 0.717) is 24.5 Å². The molecule has 3 aromatic rings. The molecular formula is C18H16N2O4. The second-order valence-electron chi connectivity index (χ2n) is 5.38. The summed E-state index contributed by atoms with van der Waals surface area (Å²) in [6.45, 7) is 1.09. The first kappa shape index (κ1) is 14.4. The van der Waals surface area contributed by atoms with Crippen LogP contribution in [0.3, 0.4) is 0 Å². The lowest BCUT2D eigenvalue weighted by atomic mass is 10.1. The highest BCUT2D eigenvalue weighted by molar-refractivity contribution is 6.03. The normalized spacial score (nSPS) is 13.5. The summed E-state index contributed by atoms with van der Waals surface area (Å²) < 4.78 is 16.3. The fourth-order valence-corrected chi connectivity index (χ4v) is 2.69. The number of aromatic amines is 1. The molecule has 24 heavy (non-hydrogen) atoms. The topological polar surface area (TPSA) is 76.1 Å². The van der Waals surface area contributed by atoms with Gasteiger partial charge in [0, 0.05) is 23.2 Å². The zero-order valence-electron chi connectivity index (χ0n) is 13.1. The molecule has 4 rings (SSSR count). The van der Waals surface area contributed by atoms with Crippen molar-refractivity contribution in [3.8, 4) is 23.1 Å². The molecule has 1 aromatic heterocycles. The number of aromatic nitrogens is 1. The minimum atomic E-state index is 0.0690. The Morgan fingerprint density at radius 3 is 2.79 bits per heavy atom. The number of benzene rings is 2. The van der Waals surface area contributed by atoms with Crippen LogP contribution >= 0.6 is 0 Å². The van der Waals surface area contributed by atoms with E-state index in [0.717, 1.165) is 28.1 Å². The van der Waals surface area contributed by atoms with Crippen LogP contribution in [0.4, 0.5) is 5.69 Å². The Bertz CT molecular complexity index is 930. The number of ether oxygens (including phenoxy) is 3. The van der Waals surface area contributed by atoms with Crippen molar-refractivity contribution in [1.29, 1.82) is 0 Å². The molecule has 0 radical (unpaired) electrons. The standard InChI is InChI=1S/C18H16N2O4/c1-22-12-3-4-15-13(9-12)14(18(21)20-15)10-19-11-2-5-16-17(8-11)24-7-6-23-16/h2-5,8-10,20-21H,6-7H2,1H3. The molecule has 2 aromatic carbocycles. The summed E-state index contributed by atoms with van der Waals surface area (Å²) in [5.41, 5.74) is 2.15. The zero-order valence-corrected chi connectivity index (χ0v) is 13.1. The number of methoxy groups -OCH3 is 1. The van der Waals surface area contributed by atoms with Crippen LogP contribution in [0, 0.1) is 0 Å². The average Bonchev–Trinajstić information content (AvgIpc) is 2.94. The van der Waals surface area contributed by atoms with Gasteiger partial charge in [0.15, 0.2) is 17.4 Å². The summed E-state index contributed by atoms with van der Waals surface area (Å²) in [6, 6.07) is 11.0. The van der Waals surface area contributed by atoms with Gasteiger partial charge in [-0.2, -0.15) is 0 Å². The van der Waals surface area contributed by atoms with E-state index in [1.165, 1.54) is 0 Å². The first-order valence-corrected chi connectivity index (χ1v) is 7.57. The molecule has 0 bridgehead atoms. The van der Waals surface area contributed by atoms with Crippen molar-refractivity contribution in [2.75, 3.05) is 20.3 Å². The minimum Gasteiger partial charge on any atom is -0.497 e. The number of rotatable bonds is 3. The highest BCUT2D eigenvalue weighted by Crippen LogP contribution is 2.34. The van der Waals surface area contributed by atoms with Crippen molar-refractivity contribution in [3.05, 3.63) is 42.0 Å². The summed E-state index contributed by atoms with van der Waals surface area (Å²) in [5.74, 6) is 2.19. The SMILES string of the molecule is COc1ccc2[nH]c(O)c(C=Nc3ccc4c(c3)OCCO4)c2c1. The van der Waals surface area contributed by atoms with Gasteiger partial charge in [-0.25, -0.2) is 0 Å². The molecule has 1 aliphatic rings. The number of fused-ring (bicyclic) bond motifs is 2. The van der Waals surface area contributed by atoms with Gasteiger partial charge in [-0.05, 0) is 30.3 Å². The number of aliphatic imine (C=N–C) groups is 1. The number of nitrogens with one attached hydrogen (secondary N) is 1. The number of H-pyrrole nitrogens is 1. The lowest BCUT2D eigenvalue weighted by Crippen LogP contribution is -2.14. The van der Waals surface area contributed by atoms with Gasteiger partial charge in [0.05, 0.1) is 18.4 Å². The third kappa shape index (κ3) is 2.52. The quantitative estimate of drug-likeness (QED) is 0.724. The molecule has 0 saturated carbocycles. The van der Waals surface area contributed by atoms with E-state index >= 15 is 0 Å². The molecule has 122 valence electrons. The fourth-order valence-electron chi connectivity index (χ4n) is 2.69. The van der Waals surface area contributed by atoms with Crippen molar-refractivity contribution in [1.82, 2.24) is 4.98 Å². The molecule has 2 heterocycles. The molecule has 0 unspecified atom stereocenters. The Balaban J connectivity index is 1.71. The third-order valence-electron chi connectivity index (χ3n) is 3.89. The van der Waals surface area contributed by atoms with Gasteiger partial charge >= 0.3 is 0 Å². The van der Waals surface area contributed by atoms with Crippen molar-refractivity contribution in [2.45, 2.75) is 0 Å². The lowest BCUT2D eigenvalue weighted by molar-refractivity contribution is 0.171. The predicted octanol–water partition coefficient (Wildman–Crippen LogP) is 3.40. The van der Waals surface area contributed by atoms with Crippen LogP contribution in [0.5, 0.6) is 23.1 Å². The Hall–Kier alpha value is -3.15. The van der Waals surface area contributed by atoms with E-state index in [2.05, 4.69) is 9.98 Å². The van der Waals surface area contributed by atoms with E-state index < -0.39 is 0 Å². The Labute approximate surface area is 138 Å². The zero-order chi connectivity index (χ0) is 16.5. The monoisotopic (exact) mass is 324 g/mol. The van der Waals surface area contributed by atoms with Crippen LogP contribution in [0.1, 0.15) is 5.56 Å². The van der Waals surface area contributed by atoms with Crippen LogP contribution in [0.15, 0.2) is 41.4 Å². The Morgan fingerprint density at radius 2 is 1.96 bits per heavy atom. The van der Waals surface area contributed by atoms with Gasteiger partial charge in [-0.1, -0.05) is 0 Å². The first-order valence-electron chi connectivity index (χ1n) is 7.57. The van der Waals surface area contributed by atoms with Gasteiger partial charge in [-0.15, -0.1) is 0 Å². The third-order valence-corrected chi connectivity index (χ3v) is 3.89. The molecule has 0 spiro atoms. The maximum atomic E-state index is 10.1. The fraction of sp³-hybridized carbons (Fsp3) is 0.167. The molecule has 0 aliphatic carbocycles. The maximum absolute atomic E-state index is 10.1. The van der Waals surface area contributed by atoms with Crippen LogP contribution in [-0.2, 0) is 0 Å². The van der Waals surface area contributed by atoms with Gasteiger partial charge in [0.1, 0.15) is 19.0 Å². The van der Waals surface area contributed by atoms with Crippen molar-refractivity contribution < 1.29 is 19.3 Å². The summed E-state index contributed by atoms with van der Waals surface area (Å²) >= 11 is 0. The summed E-state index contributed by atoms with van der Waals surface area (Å²) in [7, 11) is 1.61. The summed E-state index contributed by atoms with van der Waals surface area (Å²) in [6.07, 6.45) is 1.62. The second-order valence-corrected chi connectivity index (χ2v) is 5.38. The lowest BCUT2D eigenvalue weighted by Gasteiger charge is -2.18. The van der Waals surface area contributed by atoms with Crippen LogP contribution < -0.4 is 14.2 Å². The van der Waals surface area contributed by atoms with Crippen molar-refractivity contribution in [3.63, 3.8) is 0 Å². The summed E-state index contributed by atoms with van der Waals surface area (Å²) in [5, 5.41) is 11.0. The van der Waals surface area contributed by atoms with Gasteiger partial charge < -0.3 is 24.3 Å². The van der Waals surface area contributed by atoms with E-state index in [1.807, 2.05) is 36.4 Å². The van der Waals surface area contributed by atoms with E-state index in [1.54, 1.807) is 13.3 Å². The minimum absolute atomic E-state index is 0.0690. The predicted molar refractivity (Wildman–Crippen MR) is 91.2 cm³/mol.